The van der Waals surface area contributed by atoms with Crippen LogP contribution in [0.2, 0.25) is 0 Å². The molecule has 0 fully saturated rings. The number of nitrogen functional groups attached to an aromatic ring is 1. The predicted octanol–water partition coefficient (Wildman–Crippen LogP) is 3.81. The van der Waals surface area contributed by atoms with Gasteiger partial charge in [0.1, 0.15) is 27.9 Å². The zero-order valence-corrected chi connectivity index (χ0v) is 17.9. The van der Waals surface area contributed by atoms with Crippen LogP contribution in [0.5, 0.6) is 17.2 Å². The van der Waals surface area contributed by atoms with Crippen LogP contribution in [0.25, 0.3) is 5.69 Å². The second-order valence-corrected chi connectivity index (χ2v) is 7.59. The van der Waals surface area contributed by atoms with E-state index < -0.39 is 0 Å². The summed E-state index contributed by atoms with van der Waals surface area (Å²) in [5.41, 5.74) is 7.77. The van der Waals surface area contributed by atoms with Crippen LogP contribution in [0.15, 0.2) is 42.5 Å². The first-order valence-electron chi connectivity index (χ1n) is 8.64. The van der Waals surface area contributed by atoms with Gasteiger partial charge in [0.25, 0.3) is 5.91 Å². The van der Waals surface area contributed by atoms with Crippen LogP contribution in [-0.4, -0.2) is 31.8 Å². The molecule has 0 unspecified atom stereocenters. The number of hydrogen-bond acceptors (Lipinski definition) is 7. The van der Waals surface area contributed by atoms with Crippen molar-refractivity contribution in [1.82, 2.24) is 9.88 Å². The molecule has 152 valence electrons. The standard InChI is InChI=1S/C20H21N3O4S2/c1-25-13-8-9-16(27-3)14(10-13)23-18(21)17(29-20(23)28)19(24)22-11-12-6-4-5-7-15(12)26-2/h4-10H,11,21H2,1-3H3,(H,22,24). The number of hydrogen-bond donors (Lipinski definition) is 2. The van der Waals surface area contributed by atoms with E-state index in [1.54, 1.807) is 44.1 Å². The molecule has 0 atom stereocenters. The van der Waals surface area contributed by atoms with Crippen molar-refractivity contribution in [2.75, 3.05) is 27.1 Å². The monoisotopic (exact) mass is 431 g/mol. The Labute approximate surface area is 177 Å². The van der Waals surface area contributed by atoms with Crippen LogP contribution >= 0.6 is 23.6 Å². The number of methoxy groups -OCH3 is 3. The van der Waals surface area contributed by atoms with Gasteiger partial charge in [-0.2, -0.15) is 0 Å². The Bertz CT molecular complexity index is 1090. The van der Waals surface area contributed by atoms with Gasteiger partial charge in [-0.15, -0.1) is 0 Å². The number of nitrogens with zero attached hydrogens (tertiary/aromatic N) is 1. The normalized spacial score (nSPS) is 10.4. The van der Waals surface area contributed by atoms with Crippen molar-refractivity contribution >= 4 is 35.3 Å². The molecule has 0 aliphatic rings. The molecule has 3 aromatic rings. The van der Waals surface area contributed by atoms with Gasteiger partial charge in [-0.3, -0.25) is 9.36 Å². The Morgan fingerprint density at radius 3 is 2.52 bits per heavy atom. The molecule has 29 heavy (non-hydrogen) atoms. The maximum absolute atomic E-state index is 12.8. The van der Waals surface area contributed by atoms with E-state index in [1.807, 2.05) is 24.3 Å². The Kier molecular flexibility index (Phi) is 6.40. The summed E-state index contributed by atoms with van der Waals surface area (Å²) in [6.45, 7) is 0.301. The molecule has 0 bridgehead atoms. The number of carbonyl (C=O) groups excluding carboxylic acids is 1. The lowest BCUT2D eigenvalue weighted by Crippen LogP contribution is -2.23. The van der Waals surface area contributed by atoms with Crippen molar-refractivity contribution in [2.45, 2.75) is 6.54 Å². The number of amides is 1. The average molecular weight is 432 g/mol. The van der Waals surface area contributed by atoms with Gasteiger partial charge < -0.3 is 25.3 Å². The van der Waals surface area contributed by atoms with E-state index in [9.17, 15) is 4.79 Å². The van der Waals surface area contributed by atoms with Crippen molar-refractivity contribution in [3.63, 3.8) is 0 Å². The van der Waals surface area contributed by atoms with E-state index in [0.717, 1.165) is 16.9 Å². The number of nitrogens with one attached hydrogen (secondary N) is 1. The quantitative estimate of drug-likeness (QED) is 0.553. The van der Waals surface area contributed by atoms with Crippen molar-refractivity contribution in [2.24, 2.45) is 0 Å². The molecule has 0 spiro atoms. The first-order valence-corrected chi connectivity index (χ1v) is 9.86. The minimum absolute atomic E-state index is 0.240. The molecule has 2 aromatic carbocycles. The van der Waals surface area contributed by atoms with Crippen molar-refractivity contribution < 1.29 is 19.0 Å². The molecule has 3 rings (SSSR count). The third-order valence-electron chi connectivity index (χ3n) is 4.31. The van der Waals surface area contributed by atoms with E-state index in [4.69, 9.17) is 32.2 Å². The second kappa shape index (κ2) is 8.97. The molecular weight excluding hydrogens is 410 g/mol. The second-order valence-electron chi connectivity index (χ2n) is 5.95. The lowest BCUT2D eigenvalue weighted by Gasteiger charge is -2.13. The summed E-state index contributed by atoms with van der Waals surface area (Å²) in [6, 6.07) is 12.8. The summed E-state index contributed by atoms with van der Waals surface area (Å²) in [6.07, 6.45) is 0. The number of anilines is 1. The van der Waals surface area contributed by atoms with Crippen molar-refractivity contribution in [1.29, 1.82) is 0 Å². The lowest BCUT2D eigenvalue weighted by atomic mass is 10.2. The predicted molar refractivity (Wildman–Crippen MR) is 116 cm³/mol. The SMILES string of the molecule is COc1ccc(OC)c(-n2c(N)c(C(=O)NCc3ccccc3OC)sc2=S)c1. The van der Waals surface area contributed by atoms with E-state index in [2.05, 4.69) is 5.32 Å². The van der Waals surface area contributed by atoms with Crippen LogP contribution in [0.1, 0.15) is 15.2 Å². The molecule has 3 N–H and O–H groups in total. The molecule has 7 nitrogen and oxygen atoms in total. The van der Waals surface area contributed by atoms with Crippen LogP contribution in [-0.2, 0) is 6.54 Å². The fourth-order valence-corrected chi connectivity index (χ4v) is 4.12. The van der Waals surface area contributed by atoms with E-state index >= 15 is 0 Å². The van der Waals surface area contributed by atoms with Gasteiger partial charge in [-0.1, -0.05) is 29.5 Å². The van der Waals surface area contributed by atoms with Crippen molar-refractivity contribution in [3.8, 4) is 22.9 Å². The first kappa shape index (κ1) is 20.7. The molecule has 0 radical (unpaired) electrons. The molecule has 0 aliphatic heterocycles. The number of benzene rings is 2. The smallest absolute Gasteiger partial charge is 0.265 e. The van der Waals surface area contributed by atoms with E-state index in [-0.39, 0.29) is 11.7 Å². The summed E-state index contributed by atoms with van der Waals surface area (Å²) in [7, 11) is 4.71. The van der Waals surface area contributed by atoms with Gasteiger partial charge >= 0.3 is 0 Å². The zero-order chi connectivity index (χ0) is 21.0. The minimum atomic E-state index is -0.315. The number of aromatic nitrogens is 1. The van der Waals surface area contributed by atoms with Gasteiger partial charge in [0, 0.05) is 18.2 Å². The summed E-state index contributed by atoms with van der Waals surface area (Å²) in [5, 5.41) is 2.87. The molecule has 1 amide bonds. The zero-order valence-electron chi connectivity index (χ0n) is 16.2. The van der Waals surface area contributed by atoms with Crippen LogP contribution in [0.4, 0.5) is 5.82 Å². The van der Waals surface area contributed by atoms with Crippen LogP contribution in [0.3, 0.4) is 0 Å². The third-order valence-corrected chi connectivity index (χ3v) is 5.70. The number of nitrogens with two attached hydrogens (primary N) is 1. The van der Waals surface area contributed by atoms with Gasteiger partial charge in [-0.05, 0) is 30.4 Å². The largest absolute Gasteiger partial charge is 0.497 e. The molecular formula is C20H21N3O4S2. The highest BCUT2D eigenvalue weighted by atomic mass is 32.1. The number of thiazole rings is 1. The molecule has 0 saturated carbocycles. The summed E-state index contributed by atoms with van der Waals surface area (Å²) in [4.78, 5) is 13.1. The lowest BCUT2D eigenvalue weighted by molar-refractivity contribution is 0.0955. The Balaban J connectivity index is 1.92. The average Bonchev–Trinajstić information content (AvgIpc) is 3.05. The summed E-state index contributed by atoms with van der Waals surface area (Å²) >= 11 is 6.61. The highest BCUT2D eigenvalue weighted by Gasteiger charge is 2.20. The first-order chi connectivity index (χ1) is 14.0. The molecule has 1 aromatic heterocycles. The summed E-state index contributed by atoms with van der Waals surface area (Å²) < 4.78 is 18.1. The van der Waals surface area contributed by atoms with Crippen LogP contribution in [0, 0.1) is 3.95 Å². The fourth-order valence-electron chi connectivity index (χ4n) is 2.85. The van der Waals surface area contributed by atoms with E-state index in [0.29, 0.717) is 38.3 Å². The Hall–Kier alpha value is -3.04. The number of ether oxygens (including phenoxy) is 3. The van der Waals surface area contributed by atoms with Crippen LogP contribution < -0.4 is 25.3 Å². The molecule has 9 heteroatoms. The maximum Gasteiger partial charge on any atom is 0.265 e. The van der Waals surface area contributed by atoms with Crippen molar-refractivity contribution in [3.05, 3.63) is 56.9 Å². The number of carbonyl (C=O) groups is 1. The molecule has 1 heterocycles. The van der Waals surface area contributed by atoms with E-state index in [1.165, 1.54) is 0 Å². The topological polar surface area (TPSA) is 87.7 Å². The molecule has 0 saturated heterocycles. The third kappa shape index (κ3) is 4.20. The number of para-hydroxylation sites is 1. The van der Waals surface area contributed by atoms with Gasteiger partial charge in [-0.25, -0.2) is 0 Å². The fraction of sp³-hybridized carbons (Fsp3) is 0.200. The highest BCUT2D eigenvalue weighted by Crippen LogP contribution is 2.33. The van der Waals surface area contributed by atoms with Gasteiger partial charge in [0.2, 0.25) is 0 Å². The Morgan fingerprint density at radius 1 is 1.10 bits per heavy atom. The minimum Gasteiger partial charge on any atom is -0.497 e. The number of rotatable bonds is 7. The van der Waals surface area contributed by atoms with Gasteiger partial charge in [0.15, 0.2) is 3.95 Å². The molecule has 0 aliphatic carbocycles. The Morgan fingerprint density at radius 2 is 1.83 bits per heavy atom. The summed E-state index contributed by atoms with van der Waals surface area (Å²) in [5.74, 6) is 1.81. The highest BCUT2D eigenvalue weighted by molar-refractivity contribution is 7.73. The maximum atomic E-state index is 12.8. The van der Waals surface area contributed by atoms with Gasteiger partial charge in [0.05, 0.1) is 27.0 Å².